The van der Waals surface area contributed by atoms with Crippen LogP contribution in [0.25, 0.3) is 0 Å². The van der Waals surface area contributed by atoms with Crippen molar-refractivity contribution < 1.29 is 13.2 Å². The van der Waals surface area contributed by atoms with Crippen LogP contribution in [0.15, 0.2) is 12.1 Å². The van der Waals surface area contributed by atoms with E-state index in [1.165, 1.54) is 17.0 Å². The van der Waals surface area contributed by atoms with E-state index in [0.717, 1.165) is 0 Å². The van der Waals surface area contributed by atoms with E-state index in [1.807, 2.05) is 0 Å². The second-order valence-corrected chi connectivity index (χ2v) is 7.20. The van der Waals surface area contributed by atoms with Crippen LogP contribution in [0.1, 0.15) is 16.8 Å². The van der Waals surface area contributed by atoms with Gasteiger partial charge in [-0.2, -0.15) is 0 Å². The molecule has 1 aromatic rings. The minimum absolute atomic E-state index is 0.0143. The summed E-state index contributed by atoms with van der Waals surface area (Å²) in [5.74, 6) is 5.36. The molecular formula is C11H15ClN4O3S. The lowest BCUT2D eigenvalue weighted by molar-refractivity contribution is 0.0768. The number of carbonyl (C=O) groups excluding carboxylic acids is 1. The Labute approximate surface area is 122 Å². The number of hydrogen-bond donors (Lipinski definition) is 2. The fourth-order valence-electron chi connectivity index (χ4n) is 2.02. The summed E-state index contributed by atoms with van der Waals surface area (Å²) in [5.41, 5.74) is 2.66. The van der Waals surface area contributed by atoms with Gasteiger partial charge in [-0.3, -0.25) is 4.79 Å². The molecule has 0 saturated carbocycles. The zero-order valence-corrected chi connectivity index (χ0v) is 12.2. The highest BCUT2D eigenvalue weighted by Crippen LogP contribution is 2.17. The summed E-state index contributed by atoms with van der Waals surface area (Å²) >= 11 is 5.82. The number of anilines is 1. The Morgan fingerprint density at radius 3 is 2.80 bits per heavy atom. The van der Waals surface area contributed by atoms with Crippen LogP contribution < -0.4 is 11.3 Å². The van der Waals surface area contributed by atoms with Crippen LogP contribution in [0.5, 0.6) is 0 Å². The summed E-state index contributed by atoms with van der Waals surface area (Å²) in [6, 6.07) is 2.91. The molecule has 2 heterocycles. The second kappa shape index (κ2) is 5.94. The number of nitrogens with zero attached hydrogens (tertiary/aromatic N) is 2. The van der Waals surface area contributed by atoms with Gasteiger partial charge in [0.1, 0.15) is 11.0 Å². The van der Waals surface area contributed by atoms with E-state index in [4.69, 9.17) is 17.4 Å². The van der Waals surface area contributed by atoms with Crippen LogP contribution in [0, 0.1) is 0 Å². The van der Waals surface area contributed by atoms with Crippen molar-refractivity contribution in [3.8, 4) is 0 Å². The van der Waals surface area contributed by atoms with Gasteiger partial charge < -0.3 is 10.3 Å². The average Bonchev–Trinajstić information content (AvgIpc) is 2.58. The van der Waals surface area contributed by atoms with Gasteiger partial charge in [0.25, 0.3) is 5.91 Å². The van der Waals surface area contributed by atoms with Gasteiger partial charge in [-0.1, -0.05) is 11.6 Å². The normalized spacial score (nSPS) is 18.4. The topological polar surface area (TPSA) is 105 Å². The van der Waals surface area contributed by atoms with Gasteiger partial charge in [0.2, 0.25) is 0 Å². The number of hydrazine groups is 1. The van der Waals surface area contributed by atoms with Crippen molar-refractivity contribution in [1.29, 1.82) is 0 Å². The van der Waals surface area contributed by atoms with Crippen molar-refractivity contribution in [3.05, 3.63) is 22.8 Å². The van der Waals surface area contributed by atoms with Crippen LogP contribution >= 0.6 is 11.6 Å². The van der Waals surface area contributed by atoms with Gasteiger partial charge in [-0.15, -0.1) is 0 Å². The molecule has 0 radical (unpaired) electrons. The lowest BCUT2D eigenvalue weighted by atomic mass is 10.2. The highest BCUT2D eigenvalue weighted by Gasteiger charge is 2.23. The molecule has 1 saturated heterocycles. The number of carbonyl (C=O) groups is 1. The Morgan fingerprint density at radius 2 is 2.10 bits per heavy atom. The SMILES string of the molecule is NNc1cc(C(=O)N2CCCS(=O)(=O)CC2)cc(Cl)n1. The maximum Gasteiger partial charge on any atom is 0.254 e. The number of nitrogens with one attached hydrogen (secondary N) is 1. The van der Waals surface area contributed by atoms with E-state index < -0.39 is 9.84 Å². The number of nitrogens with two attached hydrogens (primary N) is 1. The third kappa shape index (κ3) is 3.59. The molecule has 20 heavy (non-hydrogen) atoms. The Bertz CT molecular complexity index is 620. The zero-order chi connectivity index (χ0) is 14.8. The lowest BCUT2D eigenvalue weighted by Gasteiger charge is -2.20. The minimum Gasteiger partial charge on any atom is -0.338 e. The molecule has 2 rings (SSSR count). The summed E-state index contributed by atoms with van der Waals surface area (Å²) in [4.78, 5) is 17.8. The Kier molecular flexibility index (Phi) is 4.46. The third-order valence-corrected chi connectivity index (χ3v) is 4.94. The largest absolute Gasteiger partial charge is 0.338 e. The van der Waals surface area contributed by atoms with Crippen LogP contribution in [-0.2, 0) is 9.84 Å². The molecule has 7 nitrogen and oxygen atoms in total. The first-order chi connectivity index (χ1) is 9.41. The summed E-state index contributed by atoms with van der Waals surface area (Å²) in [5, 5.41) is 0.145. The van der Waals surface area contributed by atoms with E-state index in [2.05, 4.69) is 10.4 Å². The Hall–Kier alpha value is -1.38. The molecule has 0 aliphatic carbocycles. The maximum atomic E-state index is 12.4. The highest BCUT2D eigenvalue weighted by molar-refractivity contribution is 7.91. The van der Waals surface area contributed by atoms with Crippen molar-refractivity contribution in [3.63, 3.8) is 0 Å². The number of halogens is 1. The van der Waals surface area contributed by atoms with Gasteiger partial charge in [-0.25, -0.2) is 19.2 Å². The van der Waals surface area contributed by atoms with Gasteiger partial charge in [-0.05, 0) is 18.6 Å². The molecule has 0 bridgehead atoms. The molecule has 1 aliphatic rings. The molecule has 1 aromatic heterocycles. The maximum absolute atomic E-state index is 12.4. The predicted octanol–water partition coefficient (Wildman–Crippen LogP) is 0.281. The molecule has 0 atom stereocenters. The third-order valence-electron chi connectivity index (χ3n) is 3.03. The highest BCUT2D eigenvalue weighted by atomic mass is 35.5. The molecule has 9 heteroatoms. The van der Waals surface area contributed by atoms with Crippen molar-refractivity contribution in [2.45, 2.75) is 6.42 Å². The van der Waals surface area contributed by atoms with E-state index in [0.29, 0.717) is 18.5 Å². The Balaban J connectivity index is 2.21. The number of pyridine rings is 1. The van der Waals surface area contributed by atoms with Gasteiger partial charge in [0.05, 0.1) is 11.5 Å². The summed E-state index contributed by atoms with van der Waals surface area (Å²) < 4.78 is 23.1. The first kappa shape index (κ1) is 15.0. The molecule has 1 fully saturated rings. The van der Waals surface area contributed by atoms with Gasteiger partial charge in [0.15, 0.2) is 9.84 Å². The molecule has 3 N–H and O–H groups in total. The summed E-state index contributed by atoms with van der Waals surface area (Å²) in [7, 11) is -3.05. The molecule has 110 valence electrons. The number of rotatable bonds is 2. The number of aromatic nitrogens is 1. The van der Waals surface area contributed by atoms with E-state index in [9.17, 15) is 13.2 Å². The summed E-state index contributed by atoms with van der Waals surface area (Å²) in [6.07, 6.45) is 0.439. The number of nitrogen functional groups attached to an aromatic ring is 1. The van der Waals surface area contributed by atoms with Crippen molar-refractivity contribution in [1.82, 2.24) is 9.88 Å². The quantitative estimate of drug-likeness (QED) is 0.461. The first-order valence-electron chi connectivity index (χ1n) is 6.05. The molecule has 0 spiro atoms. The lowest BCUT2D eigenvalue weighted by Crippen LogP contribution is -2.33. The molecule has 1 aliphatic heterocycles. The average molecular weight is 319 g/mol. The van der Waals surface area contributed by atoms with E-state index in [1.54, 1.807) is 0 Å². The Morgan fingerprint density at radius 1 is 1.35 bits per heavy atom. The van der Waals surface area contributed by atoms with Crippen LogP contribution in [0.3, 0.4) is 0 Å². The first-order valence-corrected chi connectivity index (χ1v) is 8.25. The standard InChI is InChI=1S/C11H15ClN4O3S/c12-9-6-8(7-10(14-9)15-13)11(17)16-2-1-4-20(18,19)5-3-16/h6-7H,1-5,13H2,(H,14,15). The minimum atomic E-state index is -3.05. The van der Waals surface area contributed by atoms with Crippen LogP contribution in [0.4, 0.5) is 5.82 Å². The number of sulfone groups is 1. The van der Waals surface area contributed by atoms with Crippen molar-refractivity contribution in [2.24, 2.45) is 5.84 Å². The predicted molar refractivity (Wildman–Crippen MR) is 76.2 cm³/mol. The summed E-state index contributed by atoms with van der Waals surface area (Å²) in [6.45, 7) is 0.593. The molecule has 0 unspecified atom stereocenters. The molecule has 1 amide bonds. The fraction of sp³-hybridized carbons (Fsp3) is 0.455. The van der Waals surface area contributed by atoms with E-state index >= 15 is 0 Å². The second-order valence-electron chi connectivity index (χ2n) is 4.51. The van der Waals surface area contributed by atoms with E-state index in [-0.39, 0.29) is 34.9 Å². The van der Waals surface area contributed by atoms with Crippen molar-refractivity contribution in [2.75, 3.05) is 30.0 Å². The monoisotopic (exact) mass is 318 g/mol. The van der Waals surface area contributed by atoms with Crippen LogP contribution in [-0.4, -0.2) is 48.8 Å². The fourth-order valence-corrected chi connectivity index (χ4v) is 3.50. The molecule has 0 aromatic carbocycles. The number of hydrogen-bond acceptors (Lipinski definition) is 6. The van der Waals surface area contributed by atoms with Gasteiger partial charge in [0, 0.05) is 18.7 Å². The smallest absolute Gasteiger partial charge is 0.254 e. The van der Waals surface area contributed by atoms with Crippen LogP contribution in [0.2, 0.25) is 5.15 Å². The molecular weight excluding hydrogens is 304 g/mol. The van der Waals surface area contributed by atoms with Crippen molar-refractivity contribution >= 4 is 33.2 Å². The zero-order valence-electron chi connectivity index (χ0n) is 10.7. The number of amides is 1. The van der Waals surface area contributed by atoms with Gasteiger partial charge >= 0.3 is 0 Å².